The van der Waals surface area contributed by atoms with Crippen molar-refractivity contribution in [2.24, 2.45) is 5.92 Å². The van der Waals surface area contributed by atoms with Gasteiger partial charge in [0.05, 0.1) is 16.4 Å². The summed E-state index contributed by atoms with van der Waals surface area (Å²) in [6, 6.07) is 4.13. The molecule has 23 heavy (non-hydrogen) atoms. The number of nitrogens with one attached hydrogen (secondary N) is 1. The van der Waals surface area contributed by atoms with Gasteiger partial charge < -0.3 is 10.4 Å². The third kappa shape index (κ3) is 4.33. The summed E-state index contributed by atoms with van der Waals surface area (Å²) in [5.41, 5.74) is -0.914. The Morgan fingerprint density at radius 3 is 2.48 bits per heavy atom. The Morgan fingerprint density at radius 1 is 1.22 bits per heavy atom. The van der Waals surface area contributed by atoms with E-state index in [1.165, 1.54) is 30.6 Å². The van der Waals surface area contributed by atoms with Gasteiger partial charge in [0.1, 0.15) is 6.23 Å². The van der Waals surface area contributed by atoms with Gasteiger partial charge in [0.25, 0.3) is 0 Å². The average Bonchev–Trinajstić information content (AvgIpc) is 2.46. The van der Waals surface area contributed by atoms with Gasteiger partial charge in [-0.05, 0) is 24.1 Å². The molecule has 0 spiro atoms. The first-order chi connectivity index (χ1) is 10.7. The van der Waals surface area contributed by atoms with Crippen molar-refractivity contribution in [1.82, 2.24) is 9.97 Å². The van der Waals surface area contributed by atoms with Crippen LogP contribution in [0.1, 0.15) is 19.5 Å². The maximum atomic E-state index is 13.2. The van der Waals surface area contributed by atoms with Gasteiger partial charge in [-0.2, -0.15) is 13.2 Å². The van der Waals surface area contributed by atoms with Gasteiger partial charge in [-0.3, -0.25) is 4.98 Å². The number of nitrogens with zero attached hydrogens (tertiary/aromatic N) is 2. The molecule has 0 aromatic carbocycles. The monoisotopic (exact) mass is 345 g/mol. The van der Waals surface area contributed by atoms with Crippen LogP contribution in [0.25, 0.3) is 11.3 Å². The summed E-state index contributed by atoms with van der Waals surface area (Å²) in [5.74, 6) is -0.257. The Hall–Kier alpha value is -1.86. The second-order valence-electron chi connectivity index (χ2n) is 5.32. The fourth-order valence-electron chi connectivity index (χ4n) is 1.83. The number of hydrogen-bond donors (Lipinski definition) is 2. The molecule has 4 nitrogen and oxygen atoms in total. The molecule has 0 saturated heterocycles. The van der Waals surface area contributed by atoms with Crippen molar-refractivity contribution in [3.8, 4) is 11.3 Å². The summed E-state index contributed by atoms with van der Waals surface area (Å²) in [5, 5.41) is 12.5. The first-order valence-corrected chi connectivity index (χ1v) is 7.20. The first kappa shape index (κ1) is 17.5. The molecule has 2 rings (SSSR count). The number of aliphatic hydroxyl groups excluding tert-OH is 1. The summed E-state index contributed by atoms with van der Waals surface area (Å²) in [6.45, 7) is 3.37. The van der Waals surface area contributed by atoms with E-state index in [1.54, 1.807) is 13.8 Å². The van der Waals surface area contributed by atoms with Crippen LogP contribution in [0.5, 0.6) is 0 Å². The van der Waals surface area contributed by atoms with Crippen molar-refractivity contribution < 1.29 is 18.3 Å². The number of aliphatic hydroxyl groups is 1. The summed E-state index contributed by atoms with van der Waals surface area (Å²) >= 11 is 5.80. The van der Waals surface area contributed by atoms with Gasteiger partial charge >= 0.3 is 6.18 Å². The Labute approximate surface area is 136 Å². The Balaban J connectivity index is 2.46. The highest BCUT2D eigenvalue weighted by Crippen LogP contribution is 2.35. The summed E-state index contributed by atoms with van der Waals surface area (Å²) in [6.07, 6.45) is -3.02. The van der Waals surface area contributed by atoms with Crippen LogP contribution in [0, 0.1) is 5.92 Å². The smallest absolute Gasteiger partial charge is 0.374 e. The van der Waals surface area contributed by atoms with Crippen LogP contribution in [0.15, 0.2) is 30.6 Å². The average molecular weight is 346 g/mol. The topological polar surface area (TPSA) is 58.0 Å². The second kappa shape index (κ2) is 6.72. The van der Waals surface area contributed by atoms with Gasteiger partial charge in [0.15, 0.2) is 5.69 Å². The number of anilines is 1. The largest absolute Gasteiger partial charge is 0.435 e. The zero-order valence-electron chi connectivity index (χ0n) is 12.4. The number of pyridine rings is 2. The molecule has 0 aliphatic rings. The zero-order chi connectivity index (χ0) is 17.2. The second-order valence-corrected chi connectivity index (χ2v) is 5.75. The lowest BCUT2D eigenvalue weighted by Crippen LogP contribution is -2.26. The van der Waals surface area contributed by atoms with E-state index in [0.717, 1.165) is 0 Å². The number of halogens is 4. The molecule has 0 bridgehead atoms. The SMILES string of the molecule is CC(C)C(O)Nc1ccc(-c2cncc(Cl)c2)nc1C(F)(F)F. The lowest BCUT2D eigenvalue weighted by Gasteiger charge is -2.20. The molecule has 2 aromatic heterocycles. The highest BCUT2D eigenvalue weighted by Gasteiger charge is 2.36. The van der Waals surface area contributed by atoms with Crippen molar-refractivity contribution in [2.75, 3.05) is 5.32 Å². The van der Waals surface area contributed by atoms with Crippen molar-refractivity contribution in [1.29, 1.82) is 0 Å². The quantitative estimate of drug-likeness (QED) is 0.815. The van der Waals surface area contributed by atoms with Gasteiger partial charge in [0.2, 0.25) is 0 Å². The normalized spacial score (nSPS) is 13.2. The van der Waals surface area contributed by atoms with Crippen LogP contribution in [-0.2, 0) is 6.18 Å². The molecule has 1 unspecified atom stereocenters. The minimum atomic E-state index is -4.67. The molecule has 2 heterocycles. The minimum absolute atomic E-state index is 0.0944. The van der Waals surface area contributed by atoms with Crippen molar-refractivity contribution in [2.45, 2.75) is 26.3 Å². The maximum absolute atomic E-state index is 13.2. The van der Waals surface area contributed by atoms with Gasteiger partial charge in [0, 0.05) is 18.0 Å². The lowest BCUT2D eigenvalue weighted by molar-refractivity contribution is -0.140. The van der Waals surface area contributed by atoms with Crippen LogP contribution in [0.3, 0.4) is 0 Å². The van der Waals surface area contributed by atoms with E-state index < -0.39 is 18.1 Å². The molecule has 0 aliphatic carbocycles. The molecular weight excluding hydrogens is 331 g/mol. The van der Waals surface area contributed by atoms with E-state index in [4.69, 9.17) is 11.6 Å². The predicted molar refractivity (Wildman–Crippen MR) is 81.9 cm³/mol. The Morgan fingerprint density at radius 2 is 1.91 bits per heavy atom. The van der Waals surface area contributed by atoms with E-state index >= 15 is 0 Å². The van der Waals surface area contributed by atoms with Crippen molar-refractivity contribution >= 4 is 17.3 Å². The number of hydrogen-bond acceptors (Lipinski definition) is 4. The molecular formula is C15H15ClF3N3O. The number of alkyl halides is 3. The Kier molecular flexibility index (Phi) is 5.11. The molecule has 2 aromatic rings. The van der Waals surface area contributed by atoms with Gasteiger partial charge in [-0.25, -0.2) is 4.98 Å². The third-order valence-electron chi connectivity index (χ3n) is 3.10. The van der Waals surface area contributed by atoms with E-state index in [2.05, 4.69) is 15.3 Å². The zero-order valence-corrected chi connectivity index (χ0v) is 13.2. The predicted octanol–water partition coefficient (Wildman–Crippen LogP) is 4.20. The van der Waals surface area contributed by atoms with E-state index in [-0.39, 0.29) is 17.3 Å². The minimum Gasteiger partial charge on any atom is -0.374 e. The lowest BCUT2D eigenvalue weighted by atomic mass is 10.1. The molecule has 124 valence electrons. The van der Waals surface area contributed by atoms with Crippen LogP contribution in [0.2, 0.25) is 5.02 Å². The first-order valence-electron chi connectivity index (χ1n) is 6.82. The standard InChI is InChI=1S/C15H15ClF3N3O/c1-8(2)14(23)22-12-4-3-11(21-13(12)15(17,18)19)9-5-10(16)7-20-6-9/h3-8,14,22-23H,1-2H3. The fourth-order valence-corrected chi connectivity index (χ4v) is 2.00. The van der Waals surface area contributed by atoms with Crippen LogP contribution in [-0.4, -0.2) is 21.3 Å². The molecule has 1 atom stereocenters. The molecule has 0 aliphatic heterocycles. The summed E-state index contributed by atoms with van der Waals surface area (Å²) < 4.78 is 39.7. The van der Waals surface area contributed by atoms with E-state index in [0.29, 0.717) is 10.6 Å². The molecule has 0 amide bonds. The summed E-state index contributed by atoms with van der Waals surface area (Å²) in [7, 11) is 0. The Bertz CT molecular complexity index is 692. The van der Waals surface area contributed by atoms with Crippen LogP contribution >= 0.6 is 11.6 Å². The van der Waals surface area contributed by atoms with Crippen molar-refractivity contribution in [3.05, 3.63) is 41.3 Å². The molecule has 0 saturated carbocycles. The maximum Gasteiger partial charge on any atom is 0.435 e. The highest BCUT2D eigenvalue weighted by atomic mass is 35.5. The van der Waals surface area contributed by atoms with E-state index in [1.807, 2.05) is 0 Å². The molecule has 8 heteroatoms. The molecule has 0 fully saturated rings. The van der Waals surface area contributed by atoms with Gasteiger partial charge in [-0.1, -0.05) is 25.4 Å². The fraction of sp³-hybridized carbons (Fsp3) is 0.333. The van der Waals surface area contributed by atoms with Crippen LogP contribution < -0.4 is 5.32 Å². The van der Waals surface area contributed by atoms with E-state index in [9.17, 15) is 18.3 Å². The van der Waals surface area contributed by atoms with Gasteiger partial charge in [-0.15, -0.1) is 0 Å². The summed E-state index contributed by atoms with van der Waals surface area (Å²) in [4.78, 5) is 7.51. The van der Waals surface area contributed by atoms with Crippen molar-refractivity contribution in [3.63, 3.8) is 0 Å². The highest BCUT2D eigenvalue weighted by molar-refractivity contribution is 6.30. The van der Waals surface area contributed by atoms with Crippen LogP contribution in [0.4, 0.5) is 18.9 Å². The third-order valence-corrected chi connectivity index (χ3v) is 3.31. The number of rotatable bonds is 4. The molecule has 2 N–H and O–H groups in total. The molecule has 0 radical (unpaired) electrons. The number of aromatic nitrogens is 2.